The Kier molecular flexibility index (Phi) is 15.4. The van der Waals surface area contributed by atoms with Gasteiger partial charge in [0.1, 0.15) is 5.75 Å². The lowest BCUT2D eigenvalue weighted by molar-refractivity contribution is -0.112. The van der Waals surface area contributed by atoms with E-state index in [0.717, 1.165) is 31.2 Å². The number of allylic oxidation sites excluding steroid dienone is 3. The predicted molar refractivity (Wildman–Crippen MR) is 153 cm³/mol. The minimum absolute atomic E-state index is 0.0407. The van der Waals surface area contributed by atoms with Gasteiger partial charge in [-0.05, 0) is 60.3 Å². The lowest BCUT2D eigenvalue weighted by Gasteiger charge is -2.24. The van der Waals surface area contributed by atoms with Gasteiger partial charge in [-0.3, -0.25) is 4.79 Å². The van der Waals surface area contributed by atoms with E-state index in [4.69, 9.17) is 14.2 Å². The summed E-state index contributed by atoms with van der Waals surface area (Å²) < 4.78 is 18.2. The Morgan fingerprint density at radius 1 is 0.917 bits per heavy atom. The topological polar surface area (TPSA) is 56.8 Å². The molecule has 202 valence electrons. The number of hydrogen-bond donors (Lipinski definition) is 1. The maximum Gasteiger partial charge on any atom is 0.251 e. The molecule has 0 aliphatic carbocycles. The van der Waals surface area contributed by atoms with Crippen LogP contribution >= 0.6 is 0 Å². The van der Waals surface area contributed by atoms with Gasteiger partial charge in [-0.15, -0.1) is 6.58 Å². The van der Waals surface area contributed by atoms with E-state index in [1.807, 2.05) is 39.8 Å². The van der Waals surface area contributed by atoms with Crippen LogP contribution < -0.4 is 19.5 Å². The van der Waals surface area contributed by atoms with Gasteiger partial charge < -0.3 is 19.5 Å². The molecule has 0 heterocycles. The van der Waals surface area contributed by atoms with Gasteiger partial charge in [-0.25, -0.2) is 0 Å². The molecule has 0 aliphatic rings. The number of carbonyl (C=O) groups excluding carboxylic acids is 1. The van der Waals surface area contributed by atoms with Crippen molar-refractivity contribution in [3.8, 4) is 17.2 Å². The number of ether oxygens (including phenoxy) is 3. The molecule has 1 aromatic rings. The highest BCUT2D eigenvalue weighted by Crippen LogP contribution is 2.45. The van der Waals surface area contributed by atoms with Crippen molar-refractivity contribution in [2.45, 2.75) is 111 Å². The standard InChI is InChI=1S/C31H49NO4/c1-9-11-12-13-14-15-16-17-18-19-21-26-29(36-24(5)6)27(32-31(33)25(7)20-10-2)22-28(30(26)34-8)35-23(3)4/h9-10,20,22-24H,1-2,11-19,21H2,3-8H3,(H,32,33)/b25-20+. The number of amides is 1. The van der Waals surface area contributed by atoms with Crippen molar-refractivity contribution in [3.05, 3.63) is 48.6 Å². The molecule has 0 saturated carbocycles. The predicted octanol–water partition coefficient (Wildman–Crippen LogP) is 8.58. The zero-order chi connectivity index (χ0) is 26.9. The zero-order valence-electron chi connectivity index (χ0n) is 23.6. The van der Waals surface area contributed by atoms with Crippen LogP contribution in [0.4, 0.5) is 5.69 Å². The van der Waals surface area contributed by atoms with Gasteiger partial charge in [0.05, 0.1) is 25.0 Å². The number of hydrogen-bond acceptors (Lipinski definition) is 4. The van der Waals surface area contributed by atoms with Gasteiger partial charge in [-0.2, -0.15) is 0 Å². The van der Waals surface area contributed by atoms with Crippen LogP contribution in [0.3, 0.4) is 0 Å². The maximum atomic E-state index is 12.8. The first-order valence-corrected chi connectivity index (χ1v) is 13.5. The zero-order valence-corrected chi connectivity index (χ0v) is 23.6. The van der Waals surface area contributed by atoms with Crippen LogP contribution in [0.25, 0.3) is 0 Å². The van der Waals surface area contributed by atoms with Crippen molar-refractivity contribution in [1.29, 1.82) is 0 Å². The van der Waals surface area contributed by atoms with Crippen molar-refractivity contribution in [3.63, 3.8) is 0 Å². The quantitative estimate of drug-likeness (QED) is 0.0896. The molecule has 0 spiro atoms. The molecule has 36 heavy (non-hydrogen) atoms. The Hall–Kier alpha value is -2.69. The number of anilines is 1. The summed E-state index contributed by atoms with van der Waals surface area (Å²) in [5.41, 5.74) is 2.10. The third-order valence-corrected chi connectivity index (χ3v) is 5.77. The summed E-state index contributed by atoms with van der Waals surface area (Å²) in [7, 11) is 1.66. The first-order chi connectivity index (χ1) is 17.2. The molecule has 1 aromatic carbocycles. The smallest absolute Gasteiger partial charge is 0.251 e. The minimum Gasteiger partial charge on any atom is -0.492 e. The summed E-state index contributed by atoms with van der Waals surface area (Å²) in [5.74, 6) is 1.74. The number of carbonyl (C=O) groups is 1. The molecule has 0 aromatic heterocycles. The van der Waals surface area contributed by atoms with Crippen LogP contribution in [0.1, 0.15) is 98.0 Å². The van der Waals surface area contributed by atoms with Gasteiger partial charge in [0.25, 0.3) is 5.91 Å². The third-order valence-electron chi connectivity index (χ3n) is 5.77. The lowest BCUT2D eigenvalue weighted by Crippen LogP contribution is -2.17. The van der Waals surface area contributed by atoms with Gasteiger partial charge >= 0.3 is 0 Å². The second-order valence-corrected chi connectivity index (χ2v) is 9.79. The van der Waals surface area contributed by atoms with Crippen LogP contribution in [-0.4, -0.2) is 25.2 Å². The molecule has 0 radical (unpaired) electrons. The second-order valence-electron chi connectivity index (χ2n) is 9.79. The van der Waals surface area contributed by atoms with Gasteiger partial charge in [0.2, 0.25) is 0 Å². The van der Waals surface area contributed by atoms with Gasteiger partial charge in [-0.1, -0.05) is 63.3 Å². The van der Waals surface area contributed by atoms with Crippen LogP contribution in [0, 0.1) is 0 Å². The molecule has 1 N–H and O–H groups in total. The Bertz CT molecular complexity index is 855. The Balaban J connectivity index is 3.11. The molecule has 0 saturated heterocycles. The average molecular weight is 500 g/mol. The number of benzene rings is 1. The van der Waals surface area contributed by atoms with E-state index in [1.54, 1.807) is 26.2 Å². The molecular weight excluding hydrogens is 450 g/mol. The van der Waals surface area contributed by atoms with E-state index in [2.05, 4.69) is 18.5 Å². The molecular formula is C31H49NO4. The fourth-order valence-electron chi connectivity index (χ4n) is 4.06. The number of rotatable bonds is 19. The fourth-order valence-corrected chi connectivity index (χ4v) is 4.06. The van der Waals surface area contributed by atoms with E-state index in [9.17, 15) is 4.79 Å². The molecule has 0 fully saturated rings. The Morgan fingerprint density at radius 2 is 1.50 bits per heavy atom. The summed E-state index contributed by atoms with van der Waals surface area (Å²) in [4.78, 5) is 12.8. The van der Waals surface area contributed by atoms with Crippen molar-refractivity contribution in [2.24, 2.45) is 0 Å². The molecule has 0 bridgehead atoms. The van der Waals surface area contributed by atoms with Crippen LogP contribution in [0.5, 0.6) is 17.2 Å². The highest BCUT2D eigenvalue weighted by molar-refractivity contribution is 6.04. The number of nitrogens with one attached hydrogen (secondary N) is 1. The molecule has 1 amide bonds. The average Bonchev–Trinajstić information content (AvgIpc) is 2.81. The van der Waals surface area contributed by atoms with E-state index in [0.29, 0.717) is 28.5 Å². The molecule has 0 atom stereocenters. The molecule has 1 rings (SSSR count). The molecule has 5 nitrogen and oxygen atoms in total. The van der Waals surface area contributed by atoms with Crippen LogP contribution in [-0.2, 0) is 11.2 Å². The van der Waals surface area contributed by atoms with Crippen molar-refractivity contribution in [1.82, 2.24) is 0 Å². The molecule has 0 unspecified atom stereocenters. The van der Waals surface area contributed by atoms with Crippen molar-refractivity contribution >= 4 is 11.6 Å². The third kappa shape index (κ3) is 11.4. The second kappa shape index (κ2) is 17.7. The van der Waals surface area contributed by atoms with E-state index in [-0.39, 0.29) is 18.1 Å². The summed E-state index contributed by atoms with van der Waals surface area (Å²) >= 11 is 0. The summed E-state index contributed by atoms with van der Waals surface area (Å²) in [6.07, 6.45) is 16.8. The number of unbranched alkanes of at least 4 members (excludes halogenated alkanes) is 8. The first kappa shape index (κ1) is 31.3. The highest BCUT2D eigenvalue weighted by Gasteiger charge is 2.24. The van der Waals surface area contributed by atoms with Crippen LogP contribution in [0.15, 0.2) is 43.0 Å². The van der Waals surface area contributed by atoms with E-state index < -0.39 is 0 Å². The molecule has 0 aliphatic heterocycles. The Labute approximate surface area is 220 Å². The molecule has 5 heteroatoms. The largest absolute Gasteiger partial charge is 0.492 e. The summed E-state index contributed by atoms with van der Waals surface area (Å²) in [6, 6.07) is 1.81. The fraction of sp³-hybridized carbons (Fsp3) is 0.581. The van der Waals surface area contributed by atoms with E-state index in [1.165, 1.54) is 38.5 Å². The monoisotopic (exact) mass is 499 g/mol. The van der Waals surface area contributed by atoms with E-state index >= 15 is 0 Å². The van der Waals surface area contributed by atoms with Crippen LogP contribution in [0.2, 0.25) is 0 Å². The van der Waals surface area contributed by atoms with Crippen molar-refractivity contribution < 1.29 is 19.0 Å². The first-order valence-electron chi connectivity index (χ1n) is 13.5. The number of methoxy groups -OCH3 is 1. The Morgan fingerprint density at radius 3 is 2.03 bits per heavy atom. The summed E-state index contributed by atoms with van der Waals surface area (Å²) in [5, 5.41) is 3.02. The highest BCUT2D eigenvalue weighted by atomic mass is 16.5. The van der Waals surface area contributed by atoms with Gasteiger partial charge in [0, 0.05) is 17.2 Å². The summed E-state index contributed by atoms with van der Waals surface area (Å²) in [6.45, 7) is 17.2. The lowest BCUT2D eigenvalue weighted by atomic mass is 10.0. The minimum atomic E-state index is -0.205. The normalized spacial score (nSPS) is 11.5. The van der Waals surface area contributed by atoms with Crippen molar-refractivity contribution in [2.75, 3.05) is 12.4 Å². The maximum absolute atomic E-state index is 12.8. The SMILES string of the molecule is C=C/C=C(\C)C(=O)Nc1cc(OC(C)C)c(OC)c(CCCCCCCCCCC=C)c1OC(C)C. The van der Waals surface area contributed by atoms with Gasteiger partial charge in [0.15, 0.2) is 11.5 Å².